The summed E-state index contributed by atoms with van der Waals surface area (Å²) in [6, 6.07) is 6.29. The Bertz CT molecular complexity index is 649. The smallest absolute Gasteiger partial charge is 0.221 e. The summed E-state index contributed by atoms with van der Waals surface area (Å²) in [5.74, 6) is 1.42. The first kappa shape index (κ1) is 18.8. The molecule has 5 heteroatoms. The first-order valence-electron chi connectivity index (χ1n) is 10.6. The van der Waals surface area contributed by atoms with Crippen molar-refractivity contribution in [1.29, 1.82) is 0 Å². The standard InChI is InChI=1S/C22H32N2O3/c25-19-14-18(15-19)22(17-5-6-20-16(13-17)8-12-27-20)23-21(26)7-11-24-9-3-1-2-4-10-24/h5-6,13,18-19,22,25H,1-4,7-12,14-15H2,(H,23,26)/t18?,19?,22-/m1/s1. The van der Waals surface area contributed by atoms with Crippen LogP contribution in [0.4, 0.5) is 0 Å². The zero-order chi connectivity index (χ0) is 18.6. The van der Waals surface area contributed by atoms with Crippen molar-refractivity contribution in [2.24, 2.45) is 5.92 Å². The minimum Gasteiger partial charge on any atom is -0.493 e. The Morgan fingerprint density at radius 3 is 2.74 bits per heavy atom. The van der Waals surface area contributed by atoms with Crippen LogP contribution in [0, 0.1) is 5.92 Å². The quantitative estimate of drug-likeness (QED) is 0.806. The van der Waals surface area contributed by atoms with Gasteiger partial charge in [0, 0.05) is 19.4 Å². The molecule has 27 heavy (non-hydrogen) atoms. The van der Waals surface area contributed by atoms with Crippen LogP contribution in [0.25, 0.3) is 0 Å². The monoisotopic (exact) mass is 372 g/mol. The normalized spacial score (nSPS) is 26.4. The third kappa shape index (κ3) is 4.64. The fourth-order valence-electron chi connectivity index (χ4n) is 4.64. The van der Waals surface area contributed by atoms with Crippen molar-refractivity contribution in [3.8, 4) is 5.75 Å². The fourth-order valence-corrected chi connectivity index (χ4v) is 4.64. The number of hydrogen-bond acceptors (Lipinski definition) is 4. The van der Waals surface area contributed by atoms with Gasteiger partial charge in [0.1, 0.15) is 5.75 Å². The van der Waals surface area contributed by atoms with Gasteiger partial charge in [0.25, 0.3) is 0 Å². The summed E-state index contributed by atoms with van der Waals surface area (Å²) in [4.78, 5) is 15.1. The van der Waals surface area contributed by atoms with Crippen LogP contribution in [-0.2, 0) is 11.2 Å². The molecule has 2 aliphatic heterocycles. The van der Waals surface area contributed by atoms with Gasteiger partial charge in [-0.15, -0.1) is 0 Å². The second-order valence-corrected chi connectivity index (χ2v) is 8.40. The number of rotatable bonds is 6. The molecule has 2 N–H and O–H groups in total. The molecule has 1 saturated carbocycles. The molecule has 0 bridgehead atoms. The molecule has 1 saturated heterocycles. The highest BCUT2D eigenvalue weighted by Gasteiger charge is 2.36. The van der Waals surface area contributed by atoms with Gasteiger partial charge < -0.3 is 20.1 Å². The molecule has 148 valence electrons. The lowest BCUT2D eigenvalue weighted by Crippen LogP contribution is -2.42. The van der Waals surface area contributed by atoms with Gasteiger partial charge in [0.2, 0.25) is 5.91 Å². The summed E-state index contributed by atoms with van der Waals surface area (Å²) >= 11 is 0. The van der Waals surface area contributed by atoms with Gasteiger partial charge in [-0.1, -0.05) is 18.9 Å². The molecule has 4 rings (SSSR count). The Morgan fingerprint density at radius 2 is 2.00 bits per heavy atom. The van der Waals surface area contributed by atoms with Gasteiger partial charge >= 0.3 is 0 Å². The highest BCUT2D eigenvalue weighted by Crippen LogP contribution is 2.39. The maximum absolute atomic E-state index is 12.7. The predicted molar refractivity (Wildman–Crippen MR) is 105 cm³/mol. The van der Waals surface area contributed by atoms with Crippen LogP contribution in [0.5, 0.6) is 5.75 Å². The number of aliphatic hydroxyl groups is 1. The van der Waals surface area contributed by atoms with Crippen molar-refractivity contribution < 1.29 is 14.6 Å². The van der Waals surface area contributed by atoms with E-state index in [1.807, 2.05) is 6.07 Å². The van der Waals surface area contributed by atoms with Crippen LogP contribution in [0.15, 0.2) is 18.2 Å². The van der Waals surface area contributed by atoms with E-state index in [2.05, 4.69) is 22.3 Å². The van der Waals surface area contributed by atoms with E-state index in [1.165, 1.54) is 31.2 Å². The van der Waals surface area contributed by atoms with E-state index in [9.17, 15) is 9.90 Å². The molecule has 5 nitrogen and oxygen atoms in total. The lowest BCUT2D eigenvalue weighted by Gasteiger charge is -2.38. The maximum atomic E-state index is 12.7. The lowest BCUT2D eigenvalue weighted by atomic mass is 9.75. The zero-order valence-electron chi connectivity index (χ0n) is 16.2. The Hall–Kier alpha value is -1.59. The SMILES string of the molecule is O=C(CCN1CCCCCC1)N[C@H](c1ccc2c(c1)CCO2)C1CC(O)C1. The minimum absolute atomic E-state index is 0.00377. The van der Waals surface area contributed by atoms with Gasteiger partial charge in [0.05, 0.1) is 18.8 Å². The molecule has 1 amide bonds. The van der Waals surface area contributed by atoms with E-state index in [4.69, 9.17) is 4.74 Å². The molecular formula is C22H32N2O3. The van der Waals surface area contributed by atoms with Gasteiger partial charge in [-0.25, -0.2) is 0 Å². The van der Waals surface area contributed by atoms with Gasteiger partial charge in [-0.2, -0.15) is 0 Å². The number of amides is 1. The molecule has 0 spiro atoms. The van der Waals surface area contributed by atoms with Crippen LogP contribution < -0.4 is 10.1 Å². The van der Waals surface area contributed by atoms with Crippen molar-refractivity contribution in [2.75, 3.05) is 26.2 Å². The molecular weight excluding hydrogens is 340 g/mol. The predicted octanol–water partition coefficient (Wildman–Crippen LogP) is 2.82. The van der Waals surface area contributed by atoms with Crippen molar-refractivity contribution in [2.45, 2.75) is 63.5 Å². The summed E-state index contributed by atoms with van der Waals surface area (Å²) in [7, 11) is 0. The van der Waals surface area contributed by atoms with Crippen molar-refractivity contribution in [3.63, 3.8) is 0 Å². The summed E-state index contributed by atoms with van der Waals surface area (Å²) in [6.45, 7) is 3.84. The van der Waals surface area contributed by atoms with E-state index >= 15 is 0 Å². The average molecular weight is 373 g/mol. The molecule has 0 unspecified atom stereocenters. The number of fused-ring (bicyclic) bond motifs is 1. The molecule has 1 aliphatic carbocycles. The lowest BCUT2D eigenvalue weighted by molar-refractivity contribution is -0.123. The molecule has 0 aromatic heterocycles. The Labute approximate surface area is 162 Å². The highest BCUT2D eigenvalue weighted by molar-refractivity contribution is 5.76. The number of aliphatic hydroxyl groups excluding tert-OH is 1. The van der Waals surface area contributed by atoms with Gasteiger partial charge in [-0.05, 0) is 68.0 Å². The van der Waals surface area contributed by atoms with Crippen molar-refractivity contribution in [1.82, 2.24) is 10.2 Å². The van der Waals surface area contributed by atoms with E-state index in [0.717, 1.165) is 56.8 Å². The van der Waals surface area contributed by atoms with Crippen LogP contribution in [0.2, 0.25) is 0 Å². The number of benzene rings is 1. The van der Waals surface area contributed by atoms with Crippen LogP contribution in [-0.4, -0.2) is 48.3 Å². The van der Waals surface area contributed by atoms with E-state index < -0.39 is 0 Å². The van der Waals surface area contributed by atoms with Crippen LogP contribution in [0.1, 0.15) is 62.1 Å². The van der Waals surface area contributed by atoms with Crippen LogP contribution in [0.3, 0.4) is 0 Å². The second-order valence-electron chi connectivity index (χ2n) is 8.40. The van der Waals surface area contributed by atoms with Crippen molar-refractivity contribution >= 4 is 5.91 Å². The highest BCUT2D eigenvalue weighted by atomic mass is 16.5. The molecule has 1 atom stereocenters. The maximum Gasteiger partial charge on any atom is 0.221 e. The average Bonchev–Trinajstić information content (AvgIpc) is 2.96. The van der Waals surface area contributed by atoms with E-state index in [-0.39, 0.29) is 18.1 Å². The van der Waals surface area contributed by atoms with Gasteiger partial charge in [-0.3, -0.25) is 4.79 Å². The number of carbonyl (C=O) groups excluding carboxylic acids is 1. The third-order valence-corrected chi connectivity index (χ3v) is 6.36. The molecule has 0 radical (unpaired) electrons. The molecule has 3 aliphatic rings. The molecule has 1 aromatic rings. The van der Waals surface area contributed by atoms with E-state index in [1.54, 1.807) is 0 Å². The Kier molecular flexibility index (Phi) is 5.98. The first-order chi connectivity index (χ1) is 13.2. The van der Waals surface area contributed by atoms with Crippen molar-refractivity contribution in [3.05, 3.63) is 29.3 Å². The molecule has 2 heterocycles. The molecule has 1 aromatic carbocycles. The number of likely N-dealkylation sites (tertiary alicyclic amines) is 1. The number of nitrogens with one attached hydrogen (secondary N) is 1. The second kappa shape index (κ2) is 8.61. The molecule has 2 fully saturated rings. The summed E-state index contributed by atoms with van der Waals surface area (Å²) in [5, 5.41) is 13.0. The fraction of sp³-hybridized carbons (Fsp3) is 0.682. The number of nitrogens with zero attached hydrogens (tertiary/aromatic N) is 1. The first-order valence-corrected chi connectivity index (χ1v) is 10.6. The summed E-state index contributed by atoms with van der Waals surface area (Å²) in [5.41, 5.74) is 2.38. The summed E-state index contributed by atoms with van der Waals surface area (Å²) in [6.07, 6.45) is 7.95. The Morgan fingerprint density at radius 1 is 1.22 bits per heavy atom. The number of hydrogen-bond donors (Lipinski definition) is 2. The van der Waals surface area contributed by atoms with Gasteiger partial charge in [0.15, 0.2) is 0 Å². The number of carbonyl (C=O) groups is 1. The minimum atomic E-state index is -0.218. The largest absolute Gasteiger partial charge is 0.493 e. The summed E-state index contributed by atoms with van der Waals surface area (Å²) < 4.78 is 5.62. The zero-order valence-corrected chi connectivity index (χ0v) is 16.2. The van der Waals surface area contributed by atoms with E-state index in [0.29, 0.717) is 12.3 Å². The third-order valence-electron chi connectivity index (χ3n) is 6.36. The van der Waals surface area contributed by atoms with Crippen LogP contribution >= 0.6 is 0 Å². The Balaban J connectivity index is 1.38. The topological polar surface area (TPSA) is 61.8 Å². The number of ether oxygens (including phenoxy) is 1.